The Morgan fingerprint density at radius 1 is 0.582 bits per heavy atom. The van der Waals surface area contributed by atoms with Gasteiger partial charge in [-0.1, -0.05) is 106 Å². The van der Waals surface area contributed by atoms with E-state index in [9.17, 15) is 10.2 Å². The first-order valence-corrected chi connectivity index (χ1v) is 19.3. The van der Waals surface area contributed by atoms with Crippen molar-refractivity contribution in [3.63, 3.8) is 0 Å². The van der Waals surface area contributed by atoms with Crippen LogP contribution in [-0.4, -0.2) is 70.4 Å². The molecule has 2 fully saturated rings. The molecule has 55 heavy (non-hydrogen) atoms. The Labute approximate surface area is 323 Å². The highest BCUT2D eigenvalue weighted by atomic mass is 16.7. The number of nitrogens with zero attached hydrogens (tertiary/aromatic N) is 2. The molecule has 1 aromatic heterocycles. The van der Waals surface area contributed by atoms with E-state index >= 15 is 0 Å². The fourth-order valence-corrected chi connectivity index (χ4v) is 7.95. The van der Waals surface area contributed by atoms with Crippen LogP contribution in [0.25, 0.3) is 22.6 Å². The third-order valence-electron chi connectivity index (χ3n) is 11.4. The Morgan fingerprint density at radius 2 is 1.13 bits per heavy atom. The van der Waals surface area contributed by atoms with E-state index in [1.54, 1.807) is 6.92 Å². The Hall–Kier alpha value is -4.42. The zero-order valence-corrected chi connectivity index (χ0v) is 31.9. The lowest BCUT2D eigenvalue weighted by Crippen LogP contribution is -2.58. The van der Waals surface area contributed by atoms with Crippen molar-refractivity contribution >= 4 is 0 Å². The van der Waals surface area contributed by atoms with E-state index in [4.69, 9.17) is 28.1 Å². The maximum atomic E-state index is 10.6. The van der Waals surface area contributed by atoms with Crippen molar-refractivity contribution in [1.82, 2.24) is 10.2 Å². The lowest BCUT2D eigenvalue weighted by Gasteiger charge is -2.49. The molecule has 0 spiro atoms. The lowest BCUT2D eigenvalue weighted by atomic mass is 9.74. The zero-order chi connectivity index (χ0) is 38.3. The van der Waals surface area contributed by atoms with Crippen LogP contribution in [0.5, 0.6) is 5.75 Å². The van der Waals surface area contributed by atoms with Crippen molar-refractivity contribution in [3.05, 3.63) is 126 Å². The molecule has 10 nitrogen and oxygen atoms in total. The summed E-state index contributed by atoms with van der Waals surface area (Å²) in [4.78, 5) is 0. The summed E-state index contributed by atoms with van der Waals surface area (Å²) in [6.07, 6.45) is -2.16. The Balaban J connectivity index is 1.14. The third kappa shape index (κ3) is 9.18. The van der Waals surface area contributed by atoms with Crippen LogP contribution in [-0.2, 0) is 32.2 Å². The highest BCUT2D eigenvalue weighted by Crippen LogP contribution is 2.42. The lowest BCUT2D eigenvalue weighted by molar-refractivity contribution is -0.273. The van der Waals surface area contributed by atoms with Gasteiger partial charge in [0.1, 0.15) is 11.9 Å². The predicted molar refractivity (Wildman–Crippen MR) is 208 cm³/mol. The number of aliphatic hydroxyl groups is 2. The number of rotatable bonds is 14. The molecule has 0 unspecified atom stereocenters. The summed E-state index contributed by atoms with van der Waals surface area (Å²) in [5.74, 6) is 1.59. The van der Waals surface area contributed by atoms with Gasteiger partial charge in [0.05, 0.1) is 50.8 Å². The normalized spacial score (nSPS) is 28.2. The second-order valence-corrected chi connectivity index (χ2v) is 15.0. The SMILES string of the molecule is Cc1nnc(-c2ccc(-c3ccc(O[C@H]4O[C@H](CO)[C@@H](C)[C@H](C[C@H]5O[C@H](CO)[C@@H](C)[C@H](C)[C@@H]5OCc5ccccc5)[C@@H]4OCc4ccccc4)cc3)cc2)o1. The fraction of sp³-hybridized carbons (Fsp3) is 0.422. The first-order chi connectivity index (χ1) is 26.8. The largest absolute Gasteiger partial charge is 0.462 e. The summed E-state index contributed by atoms with van der Waals surface area (Å²) in [5, 5.41) is 29.0. The maximum Gasteiger partial charge on any atom is 0.247 e. The number of aliphatic hydroxyl groups excluding tert-OH is 2. The average molecular weight is 749 g/mol. The second-order valence-electron chi connectivity index (χ2n) is 15.0. The minimum absolute atomic E-state index is 0.0752. The fourth-order valence-electron chi connectivity index (χ4n) is 7.95. The van der Waals surface area contributed by atoms with E-state index in [1.165, 1.54) is 0 Å². The van der Waals surface area contributed by atoms with Gasteiger partial charge in [-0.2, -0.15) is 0 Å². The molecule has 10 heteroatoms. The second kappa shape index (κ2) is 18.0. The first-order valence-electron chi connectivity index (χ1n) is 19.3. The van der Waals surface area contributed by atoms with Gasteiger partial charge in [-0.3, -0.25) is 0 Å². The molecule has 290 valence electrons. The van der Waals surface area contributed by atoms with Crippen molar-refractivity contribution in [1.29, 1.82) is 0 Å². The van der Waals surface area contributed by atoms with E-state index in [0.717, 1.165) is 27.8 Å². The molecular formula is C45H52N2O8. The van der Waals surface area contributed by atoms with Crippen LogP contribution in [0, 0.1) is 30.6 Å². The molecule has 2 N–H and O–H groups in total. The van der Waals surface area contributed by atoms with Gasteiger partial charge in [-0.05, 0) is 76.6 Å². The topological polar surface area (TPSA) is 126 Å². The smallest absolute Gasteiger partial charge is 0.247 e. The highest BCUT2D eigenvalue weighted by molar-refractivity contribution is 5.67. The van der Waals surface area contributed by atoms with Crippen molar-refractivity contribution in [2.24, 2.45) is 23.7 Å². The number of hydrogen-bond donors (Lipinski definition) is 2. The molecule has 0 saturated carbocycles. The molecule has 5 aromatic rings. The van der Waals surface area contributed by atoms with Gasteiger partial charge in [0.15, 0.2) is 0 Å². The maximum absolute atomic E-state index is 10.6. The van der Waals surface area contributed by atoms with Gasteiger partial charge in [0.25, 0.3) is 0 Å². The van der Waals surface area contributed by atoms with Gasteiger partial charge in [-0.25, -0.2) is 0 Å². The van der Waals surface area contributed by atoms with Gasteiger partial charge in [0, 0.05) is 12.5 Å². The summed E-state index contributed by atoms with van der Waals surface area (Å²) in [5.41, 5.74) is 5.01. The van der Waals surface area contributed by atoms with Crippen molar-refractivity contribution in [2.75, 3.05) is 13.2 Å². The van der Waals surface area contributed by atoms with E-state index in [0.29, 0.717) is 37.2 Å². The van der Waals surface area contributed by atoms with Crippen molar-refractivity contribution in [2.45, 2.75) is 84.1 Å². The van der Waals surface area contributed by atoms with Crippen molar-refractivity contribution < 1.29 is 38.3 Å². The van der Waals surface area contributed by atoms with E-state index in [1.807, 2.05) is 97.1 Å². The average Bonchev–Trinajstić information content (AvgIpc) is 3.66. The van der Waals surface area contributed by atoms with Crippen LogP contribution < -0.4 is 4.74 Å². The minimum atomic E-state index is -0.817. The number of hydrogen-bond acceptors (Lipinski definition) is 10. The molecule has 10 atom stereocenters. The summed E-state index contributed by atoms with van der Waals surface area (Å²) < 4.78 is 38.9. The molecule has 2 saturated heterocycles. The molecule has 0 aliphatic carbocycles. The monoisotopic (exact) mass is 748 g/mol. The Morgan fingerprint density at radius 3 is 1.69 bits per heavy atom. The zero-order valence-electron chi connectivity index (χ0n) is 31.9. The number of ether oxygens (including phenoxy) is 5. The molecular weight excluding hydrogens is 697 g/mol. The number of aromatic nitrogens is 2. The Bertz CT molecular complexity index is 1910. The standard InChI is InChI=1S/C45H52N2O8/c1-28-29(2)42(50-26-32-11-7-5-8-12-32)39(54-40(28)24-48)23-38-30(3)41(25-49)55-45(43(38)51-27-33-13-9-6-10-14-33)53-37-21-19-35(20-22-37)34-15-17-36(18-16-34)44-47-46-31(4)52-44/h5-22,28-30,38-43,45,48-49H,23-27H2,1-4H3/t28-,29-,30-,38-,39+,40+,41+,42-,43-,45-/m0/s1. The van der Waals surface area contributed by atoms with E-state index in [2.05, 4.69) is 43.1 Å². The van der Waals surface area contributed by atoms with Crippen LogP contribution >= 0.6 is 0 Å². The van der Waals surface area contributed by atoms with Crippen LogP contribution in [0.3, 0.4) is 0 Å². The van der Waals surface area contributed by atoms with Gasteiger partial charge >= 0.3 is 0 Å². The quantitative estimate of drug-likeness (QED) is 0.117. The molecule has 2 aliphatic heterocycles. The molecule has 7 rings (SSSR count). The van der Waals surface area contributed by atoms with Crippen LogP contribution in [0.4, 0.5) is 0 Å². The van der Waals surface area contributed by atoms with Gasteiger partial charge < -0.3 is 38.3 Å². The summed E-state index contributed by atoms with van der Waals surface area (Å²) >= 11 is 0. The molecule has 0 bridgehead atoms. The molecule has 2 aliphatic rings. The Kier molecular flexibility index (Phi) is 12.7. The summed E-state index contributed by atoms with van der Waals surface area (Å²) in [7, 11) is 0. The van der Waals surface area contributed by atoms with E-state index < -0.39 is 18.5 Å². The first kappa shape index (κ1) is 38.8. The molecule has 3 heterocycles. The highest BCUT2D eigenvalue weighted by Gasteiger charge is 2.50. The van der Waals surface area contributed by atoms with Crippen LogP contribution in [0.2, 0.25) is 0 Å². The van der Waals surface area contributed by atoms with E-state index in [-0.39, 0.29) is 55.2 Å². The van der Waals surface area contributed by atoms with Gasteiger partial charge in [-0.15, -0.1) is 10.2 Å². The predicted octanol–water partition coefficient (Wildman–Crippen LogP) is 7.65. The minimum Gasteiger partial charge on any atom is -0.462 e. The number of benzene rings is 4. The van der Waals surface area contributed by atoms with Crippen LogP contribution in [0.15, 0.2) is 114 Å². The summed E-state index contributed by atoms with van der Waals surface area (Å²) in [6, 6.07) is 36.0. The van der Waals surface area contributed by atoms with Crippen molar-refractivity contribution in [3.8, 4) is 28.3 Å². The van der Waals surface area contributed by atoms with Crippen LogP contribution in [0.1, 0.15) is 44.2 Å². The molecule has 0 radical (unpaired) electrons. The number of aryl methyl sites for hydroxylation is 1. The molecule has 0 amide bonds. The summed E-state index contributed by atoms with van der Waals surface area (Å²) in [6.45, 7) is 8.72. The molecule has 4 aromatic carbocycles. The van der Waals surface area contributed by atoms with Gasteiger partial charge in [0.2, 0.25) is 18.1 Å². The third-order valence-corrected chi connectivity index (χ3v) is 11.4.